The lowest BCUT2D eigenvalue weighted by Crippen LogP contribution is -2.29. The van der Waals surface area contributed by atoms with Gasteiger partial charge in [-0.1, -0.05) is 18.3 Å². The Morgan fingerprint density at radius 1 is 1.03 bits per heavy atom. The van der Waals surface area contributed by atoms with Crippen molar-refractivity contribution in [2.75, 3.05) is 17.7 Å². The van der Waals surface area contributed by atoms with Gasteiger partial charge in [-0.25, -0.2) is 18.4 Å². The molecule has 3 aromatic rings. The summed E-state index contributed by atoms with van der Waals surface area (Å²) < 4.78 is 102. The molecule has 17 heteroatoms. The number of carbonyl (C=O) groups is 1. The SMILES string of the molecule is CCS(=O)(=O)c1cc(-c2ncc(C(F)(F)F)s2)cnc1C(=O)N(C)c1nnc(C(F)(F)F)s1. The van der Waals surface area contributed by atoms with Crippen molar-refractivity contribution in [3.8, 4) is 10.6 Å². The first-order chi connectivity index (χ1) is 15.1. The second-order valence-electron chi connectivity index (χ2n) is 6.25. The van der Waals surface area contributed by atoms with Crippen molar-refractivity contribution < 1.29 is 39.6 Å². The van der Waals surface area contributed by atoms with Gasteiger partial charge < -0.3 is 0 Å². The monoisotopic (exact) mass is 531 g/mol. The van der Waals surface area contributed by atoms with E-state index < -0.39 is 59.5 Å². The van der Waals surface area contributed by atoms with E-state index in [0.29, 0.717) is 11.1 Å². The van der Waals surface area contributed by atoms with Gasteiger partial charge in [-0.2, -0.15) is 26.3 Å². The smallest absolute Gasteiger partial charge is 0.284 e. The highest BCUT2D eigenvalue weighted by Crippen LogP contribution is 2.38. The second kappa shape index (κ2) is 8.60. The highest BCUT2D eigenvalue weighted by atomic mass is 32.2. The van der Waals surface area contributed by atoms with Gasteiger partial charge in [0.2, 0.25) is 10.1 Å². The molecule has 0 bridgehead atoms. The number of alkyl halides is 6. The normalized spacial score (nSPS) is 12.7. The van der Waals surface area contributed by atoms with Gasteiger partial charge in [0.1, 0.15) is 15.6 Å². The summed E-state index contributed by atoms with van der Waals surface area (Å²) in [5.74, 6) is -1.58. The fourth-order valence-corrected chi connectivity index (χ4v) is 4.85. The molecule has 0 N–H and O–H groups in total. The minimum Gasteiger partial charge on any atom is -0.284 e. The molecule has 0 aliphatic rings. The van der Waals surface area contributed by atoms with Gasteiger partial charge in [-0.15, -0.1) is 21.5 Å². The molecule has 33 heavy (non-hydrogen) atoms. The zero-order valence-corrected chi connectivity index (χ0v) is 18.8. The van der Waals surface area contributed by atoms with Crippen LogP contribution in [0.15, 0.2) is 23.4 Å². The molecular weight excluding hydrogens is 520 g/mol. The van der Waals surface area contributed by atoms with Crippen LogP contribution in [-0.2, 0) is 22.2 Å². The van der Waals surface area contributed by atoms with Crippen molar-refractivity contribution in [3.63, 3.8) is 0 Å². The summed E-state index contributed by atoms with van der Waals surface area (Å²) in [4.78, 5) is 19.3. The van der Waals surface area contributed by atoms with E-state index in [1.165, 1.54) is 6.92 Å². The van der Waals surface area contributed by atoms with Crippen LogP contribution in [0.5, 0.6) is 0 Å². The van der Waals surface area contributed by atoms with Gasteiger partial charge in [-0.05, 0) is 6.07 Å². The first kappa shape index (κ1) is 25.0. The standard InChI is InChI=1S/C16H11F6N5O3S3/c1-3-33(29,30)8-4-7(11-24-6-9(31-11)15(17,18)19)5-23-10(8)12(28)27(2)14-26-25-13(32-14)16(20,21)22/h4-6H,3H2,1-2H3. The summed E-state index contributed by atoms with van der Waals surface area (Å²) >= 11 is 0.314. The van der Waals surface area contributed by atoms with Crippen LogP contribution in [-0.4, -0.2) is 47.3 Å². The number of pyridine rings is 1. The van der Waals surface area contributed by atoms with Crippen LogP contribution in [0.1, 0.15) is 27.3 Å². The predicted octanol–water partition coefficient (Wildman–Crippen LogP) is 4.16. The predicted molar refractivity (Wildman–Crippen MR) is 106 cm³/mol. The molecule has 0 saturated carbocycles. The summed E-state index contributed by atoms with van der Waals surface area (Å²) in [5.41, 5.74) is -0.725. The third-order valence-electron chi connectivity index (χ3n) is 4.05. The molecule has 0 aliphatic carbocycles. The van der Waals surface area contributed by atoms with Crippen LogP contribution in [0, 0.1) is 0 Å². The molecule has 3 heterocycles. The number of hydrogen-bond donors (Lipinski definition) is 0. The number of halogens is 6. The quantitative estimate of drug-likeness (QED) is 0.455. The number of sulfone groups is 1. The van der Waals surface area contributed by atoms with Crippen molar-refractivity contribution in [3.05, 3.63) is 34.0 Å². The van der Waals surface area contributed by atoms with Crippen LogP contribution in [0.4, 0.5) is 31.5 Å². The van der Waals surface area contributed by atoms with E-state index in [2.05, 4.69) is 20.2 Å². The number of amides is 1. The second-order valence-corrected chi connectivity index (χ2v) is 10.5. The molecule has 0 aromatic carbocycles. The lowest BCUT2D eigenvalue weighted by Gasteiger charge is -2.15. The minimum atomic E-state index is -4.79. The molecule has 0 spiro atoms. The van der Waals surface area contributed by atoms with E-state index in [9.17, 15) is 39.6 Å². The largest absolute Gasteiger partial charge is 0.445 e. The minimum absolute atomic E-state index is 0.0609. The summed E-state index contributed by atoms with van der Waals surface area (Å²) in [6.45, 7) is 1.27. The third-order valence-corrected chi connectivity index (χ3v) is 7.93. The van der Waals surface area contributed by atoms with Crippen LogP contribution in [0.2, 0.25) is 0 Å². The highest BCUT2D eigenvalue weighted by molar-refractivity contribution is 7.91. The number of aromatic nitrogens is 4. The average Bonchev–Trinajstić information content (AvgIpc) is 3.41. The summed E-state index contributed by atoms with van der Waals surface area (Å²) in [7, 11) is -3.07. The summed E-state index contributed by atoms with van der Waals surface area (Å²) in [5, 5.41) is 4.29. The van der Waals surface area contributed by atoms with Crippen LogP contribution < -0.4 is 4.90 Å². The Morgan fingerprint density at radius 2 is 1.70 bits per heavy atom. The van der Waals surface area contributed by atoms with Crippen LogP contribution >= 0.6 is 22.7 Å². The molecule has 0 aliphatic heterocycles. The molecule has 0 atom stereocenters. The van der Waals surface area contributed by atoms with E-state index in [4.69, 9.17) is 0 Å². The molecule has 3 rings (SSSR count). The Hall–Kier alpha value is -2.66. The lowest BCUT2D eigenvalue weighted by atomic mass is 10.2. The van der Waals surface area contributed by atoms with Crippen molar-refractivity contribution in [2.45, 2.75) is 24.2 Å². The highest BCUT2D eigenvalue weighted by Gasteiger charge is 2.37. The lowest BCUT2D eigenvalue weighted by molar-refractivity contribution is -0.138. The van der Waals surface area contributed by atoms with Gasteiger partial charge in [0, 0.05) is 18.8 Å². The Balaban J connectivity index is 2.05. The Kier molecular flexibility index (Phi) is 6.51. The molecule has 0 saturated heterocycles. The maximum atomic E-state index is 12.9. The molecule has 8 nitrogen and oxygen atoms in total. The van der Waals surface area contributed by atoms with Gasteiger partial charge in [0.25, 0.3) is 5.91 Å². The van der Waals surface area contributed by atoms with Crippen molar-refractivity contribution in [1.29, 1.82) is 0 Å². The van der Waals surface area contributed by atoms with E-state index in [-0.39, 0.29) is 33.2 Å². The van der Waals surface area contributed by atoms with Crippen molar-refractivity contribution in [1.82, 2.24) is 20.2 Å². The number of rotatable bonds is 5. The molecule has 3 aromatic heterocycles. The van der Waals surface area contributed by atoms with Gasteiger partial charge in [-0.3, -0.25) is 9.69 Å². The molecule has 0 unspecified atom stereocenters. The maximum Gasteiger partial charge on any atom is 0.445 e. The fourth-order valence-electron chi connectivity index (χ4n) is 2.36. The van der Waals surface area contributed by atoms with E-state index in [1.807, 2.05) is 0 Å². The molecular formula is C16H11F6N5O3S3. The van der Waals surface area contributed by atoms with Crippen LogP contribution in [0.25, 0.3) is 10.6 Å². The number of nitrogens with zero attached hydrogens (tertiary/aromatic N) is 5. The van der Waals surface area contributed by atoms with Crippen LogP contribution in [0.3, 0.4) is 0 Å². The molecule has 0 radical (unpaired) electrons. The maximum absolute atomic E-state index is 12.9. The van der Waals surface area contributed by atoms with Gasteiger partial charge >= 0.3 is 12.4 Å². The fraction of sp³-hybridized carbons (Fsp3) is 0.312. The van der Waals surface area contributed by atoms with E-state index >= 15 is 0 Å². The topological polar surface area (TPSA) is 106 Å². The third kappa shape index (κ3) is 5.14. The number of thiazole rings is 1. The average molecular weight is 531 g/mol. The van der Waals surface area contributed by atoms with E-state index in [0.717, 1.165) is 19.3 Å². The summed E-state index contributed by atoms with van der Waals surface area (Å²) in [6, 6.07) is 0.952. The van der Waals surface area contributed by atoms with Gasteiger partial charge in [0.15, 0.2) is 9.84 Å². The Bertz CT molecular complexity index is 1300. The zero-order chi connectivity index (χ0) is 24.8. The molecule has 1 amide bonds. The summed E-state index contributed by atoms with van der Waals surface area (Å²) in [6.07, 6.45) is -7.92. The Morgan fingerprint density at radius 3 is 2.21 bits per heavy atom. The van der Waals surface area contributed by atoms with Gasteiger partial charge in [0.05, 0.1) is 16.8 Å². The number of hydrogen-bond acceptors (Lipinski definition) is 9. The van der Waals surface area contributed by atoms with Crippen molar-refractivity contribution in [2.24, 2.45) is 0 Å². The molecule has 0 fully saturated rings. The van der Waals surface area contributed by atoms with E-state index in [1.54, 1.807) is 0 Å². The zero-order valence-electron chi connectivity index (χ0n) is 16.4. The first-order valence-corrected chi connectivity index (χ1v) is 11.9. The Labute approximate surface area is 189 Å². The number of anilines is 1. The first-order valence-electron chi connectivity index (χ1n) is 8.60. The number of carbonyl (C=O) groups excluding carboxylic acids is 1. The molecule has 178 valence electrons. The van der Waals surface area contributed by atoms with Crippen molar-refractivity contribution >= 4 is 43.5 Å².